The van der Waals surface area contributed by atoms with Crippen LogP contribution in [0.1, 0.15) is 10.4 Å². The van der Waals surface area contributed by atoms with Gasteiger partial charge in [-0.1, -0.05) is 36.4 Å². The van der Waals surface area contributed by atoms with Crippen molar-refractivity contribution in [2.24, 2.45) is 0 Å². The van der Waals surface area contributed by atoms with Crippen molar-refractivity contribution in [3.63, 3.8) is 0 Å². The molecule has 86 valence electrons. The molecule has 1 N–H and O–H groups in total. The van der Waals surface area contributed by atoms with Crippen LogP contribution in [0.25, 0.3) is 0 Å². The van der Waals surface area contributed by atoms with Crippen LogP contribution >= 0.6 is 11.3 Å². The van der Waals surface area contributed by atoms with Crippen molar-refractivity contribution >= 4 is 11.3 Å². The van der Waals surface area contributed by atoms with Crippen LogP contribution in [-0.2, 0) is 13.0 Å². The molecule has 0 radical (unpaired) electrons. The molecule has 0 saturated heterocycles. The molecule has 1 aromatic carbocycles. The van der Waals surface area contributed by atoms with Crippen LogP contribution in [0.15, 0.2) is 47.8 Å². The quantitative estimate of drug-likeness (QED) is 0.744. The number of benzene rings is 1. The first kappa shape index (κ1) is 13.2. The summed E-state index contributed by atoms with van der Waals surface area (Å²) < 4.78 is 0. The number of nitrogens with one attached hydrogen (secondary N) is 1. The standard InChI is InChI=1S/C13H15NS.ClH/c1-2-5-12(6-3-1)8-9-14-11-13-7-4-10-15-13;/h1-7,10,14H,8-9,11H2;1H/p-1. The van der Waals surface area contributed by atoms with Crippen LogP contribution in [0.5, 0.6) is 0 Å². The first-order valence-corrected chi connectivity index (χ1v) is 6.10. The van der Waals surface area contributed by atoms with Gasteiger partial charge in [0.2, 0.25) is 0 Å². The highest BCUT2D eigenvalue weighted by atomic mass is 35.5. The van der Waals surface area contributed by atoms with E-state index in [1.54, 1.807) is 11.3 Å². The summed E-state index contributed by atoms with van der Waals surface area (Å²) >= 11 is 1.81. The predicted octanol–water partition coefficient (Wildman–Crippen LogP) is 0.0844. The summed E-state index contributed by atoms with van der Waals surface area (Å²) in [7, 11) is 0. The van der Waals surface area contributed by atoms with Gasteiger partial charge in [0.25, 0.3) is 0 Å². The van der Waals surface area contributed by atoms with Gasteiger partial charge in [0.05, 0.1) is 0 Å². The molecular formula is C13H15ClNS-. The molecule has 0 amide bonds. The monoisotopic (exact) mass is 252 g/mol. The van der Waals surface area contributed by atoms with Crippen molar-refractivity contribution in [2.45, 2.75) is 13.0 Å². The molecular weight excluding hydrogens is 238 g/mol. The number of hydrogen-bond donors (Lipinski definition) is 1. The highest BCUT2D eigenvalue weighted by molar-refractivity contribution is 7.09. The predicted molar refractivity (Wildman–Crippen MR) is 66.2 cm³/mol. The summed E-state index contributed by atoms with van der Waals surface area (Å²) in [6.07, 6.45) is 1.10. The topological polar surface area (TPSA) is 12.0 Å². The molecule has 16 heavy (non-hydrogen) atoms. The first-order valence-electron chi connectivity index (χ1n) is 5.22. The second-order valence-electron chi connectivity index (χ2n) is 3.49. The Balaban J connectivity index is 0.00000128. The van der Waals surface area contributed by atoms with Crippen LogP contribution in [0, 0.1) is 0 Å². The SMILES string of the molecule is [Cl-].c1ccc(CCNCc2cccs2)cc1. The van der Waals surface area contributed by atoms with Gasteiger partial charge >= 0.3 is 0 Å². The molecule has 0 atom stereocenters. The third kappa shape index (κ3) is 4.35. The molecule has 1 heterocycles. The smallest absolute Gasteiger partial charge is 0.0299 e. The van der Waals surface area contributed by atoms with E-state index >= 15 is 0 Å². The fourth-order valence-corrected chi connectivity index (χ4v) is 2.18. The van der Waals surface area contributed by atoms with Gasteiger partial charge in [0, 0.05) is 11.4 Å². The zero-order valence-electron chi connectivity index (χ0n) is 9.03. The maximum absolute atomic E-state index is 3.45. The van der Waals surface area contributed by atoms with Crippen molar-refractivity contribution < 1.29 is 12.4 Å². The summed E-state index contributed by atoms with van der Waals surface area (Å²) in [6, 6.07) is 14.9. The van der Waals surface area contributed by atoms with E-state index in [-0.39, 0.29) is 12.4 Å². The third-order valence-corrected chi connectivity index (χ3v) is 3.19. The molecule has 3 heteroatoms. The molecule has 0 bridgehead atoms. The second kappa shape index (κ2) is 7.44. The average molecular weight is 253 g/mol. The lowest BCUT2D eigenvalue weighted by molar-refractivity contribution is -0.00000298. The second-order valence-corrected chi connectivity index (χ2v) is 4.52. The van der Waals surface area contributed by atoms with Crippen LogP contribution < -0.4 is 17.7 Å². The molecule has 2 aromatic rings. The minimum atomic E-state index is 0. The van der Waals surface area contributed by atoms with Crippen LogP contribution in [0.2, 0.25) is 0 Å². The van der Waals surface area contributed by atoms with Crippen LogP contribution in [-0.4, -0.2) is 6.54 Å². The van der Waals surface area contributed by atoms with Crippen molar-refractivity contribution in [2.75, 3.05) is 6.54 Å². The van der Waals surface area contributed by atoms with E-state index in [4.69, 9.17) is 0 Å². The minimum Gasteiger partial charge on any atom is -1.00 e. The summed E-state index contributed by atoms with van der Waals surface area (Å²) in [4.78, 5) is 1.41. The average Bonchev–Trinajstić information content (AvgIpc) is 2.79. The molecule has 0 saturated carbocycles. The van der Waals surface area contributed by atoms with Gasteiger partial charge in [0.1, 0.15) is 0 Å². The van der Waals surface area contributed by atoms with Gasteiger partial charge in [0.15, 0.2) is 0 Å². The van der Waals surface area contributed by atoms with Gasteiger partial charge in [-0.05, 0) is 30.0 Å². The van der Waals surface area contributed by atoms with E-state index in [0.717, 1.165) is 19.5 Å². The van der Waals surface area contributed by atoms with Crippen LogP contribution in [0.3, 0.4) is 0 Å². The van der Waals surface area contributed by atoms with E-state index in [2.05, 4.69) is 53.2 Å². The molecule has 0 unspecified atom stereocenters. The maximum Gasteiger partial charge on any atom is 0.0299 e. The number of thiophene rings is 1. The fraction of sp³-hybridized carbons (Fsp3) is 0.231. The highest BCUT2D eigenvalue weighted by Crippen LogP contribution is 2.07. The normalized spacial score (nSPS) is 9.75. The van der Waals surface area contributed by atoms with Gasteiger partial charge in [-0.2, -0.15) is 0 Å². The van der Waals surface area contributed by atoms with E-state index in [0.29, 0.717) is 0 Å². The van der Waals surface area contributed by atoms with Crippen molar-refractivity contribution in [3.05, 3.63) is 58.3 Å². The molecule has 1 aromatic heterocycles. The molecule has 2 rings (SSSR count). The van der Waals surface area contributed by atoms with Gasteiger partial charge in [-0.3, -0.25) is 0 Å². The Morgan fingerprint density at radius 3 is 2.50 bits per heavy atom. The summed E-state index contributed by atoms with van der Waals surface area (Å²) in [5.41, 5.74) is 1.40. The van der Waals surface area contributed by atoms with Crippen LogP contribution in [0.4, 0.5) is 0 Å². The number of rotatable bonds is 5. The van der Waals surface area contributed by atoms with E-state index in [9.17, 15) is 0 Å². The first-order chi connectivity index (χ1) is 7.45. The lowest BCUT2D eigenvalue weighted by Gasteiger charge is -2.02. The maximum atomic E-state index is 3.45. The summed E-state index contributed by atoms with van der Waals surface area (Å²) in [5, 5.41) is 5.57. The largest absolute Gasteiger partial charge is 1.00 e. The molecule has 0 aliphatic heterocycles. The van der Waals surface area contributed by atoms with Crippen molar-refractivity contribution in [1.82, 2.24) is 5.32 Å². The zero-order chi connectivity index (χ0) is 10.3. The highest BCUT2D eigenvalue weighted by Gasteiger charge is 1.93. The Bertz CT molecular complexity index is 372. The molecule has 1 nitrogen and oxygen atoms in total. The Kier molecular flexibility index (Phi) is 6.16. The molecule has 0 spiro atoms. The Labute approximate surface area is 107 Å². The Morgan fingerprint density at radius 2 is 1.81 bits per heavy atom. The van der Waals surface area contributed by atoms with E-state index in [1.807, 2.05) is 0 Å². The van der Waals surface area contributed by atoms with Crippen molar-refractivity contribution in [3.8, 4) is 0 Å². The van der Waals surface area contributed by atoms with Gasteiger partial charge < -0.3 is 17.7 Å². The molecule has 0 aliphatic rings. The summed E-state index contributed by atoms with van der Waals surface area (Å²) in [5.74, 6) is 0. The Hall–Kier alpha value is -0.830. The van der Waals surface area contributed by atoms with Gasteiger partial charge in [-0.15, -0.1) is 11.3 Å². The van der Waals surface area contributed by atoms with Crippen molar-refractivity contribution in [1.29, 1.82) is 0 Å². The fourth-order valence-electron chi connectivity index (χ4n) is 1.50. The molecule has 0 aliphatic carbocycles. The van der Waals surface area contributed by atoms with Gasteiger partial charge in [-0.25, -0.2) is 0 Å². The Morgan fingerprint density at radius 1 is 1.00 bits per heavy atom. The minimum absolute atomic E-state index is 0. The third-order valence-electron chi connectivity index (χ3n) is 2.31. The molecule has 0 fully saturated rings. The lowest BCUT2D eigenvalue weighted by atomic mass is 10.1. The number of hydrogen-bond acceptors (Lipinski definition) is 2. The lowest BCUT2D eigenvalue weighted by Crippen LogP contribution is -3.00. The zero-order valence-corrected chi connectivity index (χ0v) is 10.6. The number of halogens is 1. The van der Waals surface area contributed by atoms with E-state index < -0.39 is 0 Å². The van der Waals surface area contributed by atoms with E-state index in [1.165, 1.54) is 10.4 Å². The summed E-state index contributed by atoms with van der Waals surface area (Å²) in [6.45, 7) is 2.03.